The smallest absolute Gasteiger partial charge is 0.254 e. The van der Waals surface area contributed by atoms with Crippen molar-refractivity contribution < 1.29 is 4.52 Å². The van der Waals surface area contributed by atoms with Crippen molar-refractivity contribution >= 4 is 0 Å². The second kappa shape index (κ2) is 7.44. The summed E-state index contributed by atoms with van der Waals surface area (Å²) >= 11 is 0. The lowest BCUT2D eigenvalue weighted by Crippen LogP contribution is -2.35. The topological polar surface area (TPSA) is 87.9 Å². The van der Waals surface area contributed by atoms with E-state index in [4.69, 9.17) is 4.52 Å². The van der Waals surface area contributed by atoms with Gasteiger partial charge < -0.3 is 9.51 Å². The van der Waals surface area contributed by atoms with Crippen molar-refractivity contribution in [1.82, 2.24) is 25.0 Å². The van der Waals surface area contributed by atoms with Gasteiger partial charge in [-0.25, -0.2) is 4.98 Å². The minimum absolute atomic E-state index is 0.0805. The van der Waals surface area contributed by atoms with Crippen LogP contribution >= 0.6 is 0 Å². The van der Waals surface area contributed by atoms with Gasteiger partial charge in [0.2, 0.25) is 0 Å². The van der Waals surface area contributed by atoms with Gasteiger partial charge in [-0.05, 0) is 18.6 Å². The zero-order valence-electron chi connectivity index (χ0n) is 15.7. The molecule has 0 radical (unpaired) electrons. The van der Waals surface area contributed by atoms with E-state index in [2.05, 4.69) is 25.0 Å². The number of hydrogen-bond acceptors (Lipinski definition) is 6. The van der Waals surface area contributed by atoms with Crippen LogP contribution in [0.15, 0.2) is 70.1 Å². The van der Waals surface area contributed by atoms with Crippen LogP contribution in [0.2, 0.25) is 0 Å². The van der Waals surface area contributed by atoms with Crippen LogP contribution in [0.25, 0.3) is 22.8 Å². The number of pyridine rings is 1. The number of hydrogen-bond donors (Lipinski definition) is 1. The Morgan fingerprint density at radius 3 is 2.79 bits per heavy atom. The van der Waals surface area contributed by atoms with E-state index >= 15 is 0 Å². The van der Waals surface area contributed by atoms with Gasteiger partial charge in [0, 0.05) is 43.0 Å². The number of rotatable bonds is 4. The van der Waals surface area contributed by atoms with E-state index in [1.165, 1.54) is 0 Å². The van der Waals surface area contributed by atoms with E-state index in [9.17, 15) is 4.79 Å². The van der Waals surface area contributed by atoms with E-state index in [1.807, 2.05) is 54.6 Å². The van der Waals surface area contributed by atoms with Gasteiger partial charge in [0.05, 0.1) is 11.4 Å². The van der Waals surface area contributed by atoms with E-state index in [0.29, 0.717) is 31.0 Å². The fourth-order valence-corrected chi connectivity index (χ4v) is 3.61. The Kier molecular flexibility index (Phi) is 4.50. The van der Waals surface area contributed by atoms with E-state index in [-0.39, 0.29) is 5.56 Å². The predicted molar refractivity (Wildman–Crippen MR) is 108 cm³/mol. The van der Waals surface area contributed by atoms with Crippen LogP contribution in [0.1, 0.15) is 17.0 Å². The van der Waals surface area contributed by atoms with Crippen LogP contribution in [0, 0.1) is 0 Å². The van der Waals surface area contributed by atoms with Crippen molar-refractivity contribution in [3.63, 3.8) is 0 Å². The maximum Gasteiger partial charge on any atom is 0.254 e. The Balaban J connectivity index is 1.36. The first-order valence-electron chi connectivity index (χ1n) is 9.53. The Hall–Kier alpha value is -3.58. The molecule has 1 aliphatic rings. The molecule has 0 spiro atoms. The van der Waals surface area contributed by atoms with Gasteiger partial charge in [0.1, 0.15) is 5.69 Å². The van der Waals surface area contributed by atoms with E-state index in [0.717, 1.165) is 34.8 Å². The van der Waals surface area contributed by atoms with Gasteiger partial charge in [-0.1, -0.05) is 41.6 Å². The number of aromatic nitrogens is 4. The zero-order chi connectivity index (χ0) is 19.6. The van der Waals surface area contributed by atoms with Crippen molar-refractivity contribution in [2.24, 2.45) is 0 Å². The summed E-state index contributed by atoms with van der Waals surface area (Å²) in [5.74, 6) is 1.26. The highest BCUT2D eigenvalue weighted by atomic mass is 16.5. The molecule has 0 saturated carbocycles. The van der Waals surface area contributed by atoms with Gasteiger partial charge in [-0.15, -0.1) is 0 Å². The van der Waals surface area contributed by atoms with Crippen LogP contribution in [0.4, 0.5) is 0 Å². The summed E-state index contributed by atoms with van der Waals surface area (Å²) in [4.78, 5) is 26.6. The Morgan fingerprint density at radius 2 is 1.97 bits per heavy atom. The first-order chi connectivity index (χ1) is 14.3. The molecule has 4 heterocycles. The summed E-state index contributed by atoms with van der Waals surface area (Å²) in [6.45, 7) is 2.00. The zero-order valence-corrected chi connectivity index (χ0v) is 15.7. The second-order valence-corrected chi connectivity index (χ2v) is 7.06. The minimum Gasteiger partial charge on any atom is -0.356 e. The Bertz CT molecular complexity index is 1180. The van der Waals surface area contributed by atoms with Crippen LogP contribution in [0.3, 0.4) is 0 Å². The molecule has 3 aromatic heterocycles. The molecule has 7 heteroatoms. The molecule has 144 valence electrons. The highest BCUT2D eigenvalue weighted by molar-refractivity contribution is 5.56. The number of aromatic amines is 1. The molecule has 0 atom stereocenters. The lowest BCUT2D eigenvalue weighted by molar-refractivity contribution is 0.233. The Labute approximate surface area is 167 Å². The maximum absolute atomic E-state index is 12.5. The standard InChI is InChI=1S/C22H19N5O2/c28-22-17-9-11-27(13-16-12-20(29-26-16)15-6-2-1-3-7-15)14-19(17)24-21(25-22)18-8-4-5-10-23-18/h1-8,10,12H,9,11,13-14H2,(H,24,25,28). The fourth-order valence-electron chi connectivity index (χ4n) is 3.61. The molecule has 0 amide bonds. The SMILES string of the molecule is O=c1[nH]c(-c2ccccn2)nc2c1CCN(Cc1cc(-c3ccccc3)on1)C2. The molecule has 0 bridgehead atoms. The molecular formula is C22H19N5O2. The third-order valence-electron chi connectivity index (χ3n) is 5.06. The summed E-state index contributed by atoms with van der Waals surface area (Å²) in [6.07, 6.45) is 2.35. The van der Waals surface area contributed by atoms with Gasteiger partial charge >= 0.3 is 0 Å². The quantitative estimate of drug-likeness (QED) is 0.581. The molecule has 1 aromatic carbocycles. The number of nitrogens with one attached hydrogen (secondary N) is 1. The van der Waals surface area contributed by atoms with Crippen LogP contribution in [0.5, 0.6) is 0 Å². The van der Waals surface area contributed by atoms with Crippen molar-refractivity contribution in [3.8, 4) is 22.8 Å². The summed E-state index contributed by atoms with van der Waals surface area (Å²) in [5, 5.41) is 4.21. The summed E-state index contributed by atoms with van der Waals surface area (Å²) in [6, 6.07) is 17.4. The van der Waals surface area contributed by atoms with Gasteiger partial charge in [-0.3, -0.25) is 14.7 Å². The van der Waals surface area contributed by atoms with Gasteiger partial charge in [0.25, 0.3) is 5.56 Å². The lowest BCUT2D eigenvalue weighted by Gasteiger charge is -2.26. The van der Waals surface area contributed by atoms with Gasteiger partial charge in [0.15, 0.2) is 11.6 Å². The van der Waals surface area contributed by atoms with Crippen molar-refractivity contribution in [1.29, 1.82) is 0 Å². The Morgan fingerprint density at radius 1 is 1.10 bits per heavy atom. The lowest BCUT2D eigenvalue weighted by atomic mass is 10.1. The molecule has 5 rings (SSSR count). The minimum atomic E-state index is -0.0805. The third-order valence-corrected chi connectivity index (χ3v) is 5.06. The molecule has 0 saturated heterocycles. The largest absolute Gasteiger partial charge is 0.356 e. The predicted octanol–water partition coefficient (Wildman–Crippen LogP) is 3.05. The van der Waals surface area contributed by atoms with Crippen molar-refractivity contribution in [2.45, 2.75) is 19.5 Å². The average molecular weight is 385 g/mol. The van der Waals surface area contributed by atoms with Crippen molar-refractivity contribution in [3.05, 3.63) is 88.1 Å². The summed E-state index contributed by atoms with van der Waals surface area (Å²) in [5.41, 5.74) is 4.00. The molecule has 7 nitrogen and oxygen atoms in total. The highest BCUT2D eigenvalue weighted by Crippen LogP contribution is 2.22. The molecule has 0 aliphatic carbocycles. The van der Waals surface area contributed by atoms with Gasteiger partial charge in [-0.2, -0.15) is 0 Å². The molecule has 4 aromatic rings. The van der Waals surface area contributed by atoms with E-state index in [1.54, 1.807) is 6.20 Å². The maximum atomic E-state index is 12.5. The monoisotopic (exact) mass is 385 g/mol. The highest BCUT2D eigenvalue weighted by Gasteiger charge is 2.22. The number of benzene rings is 1. The fraction of sp³-hybridized carbons (Fsp3) is 0.182. The van der Waals surface area contributed by atoms with E-state index < -0.39 is 0 Å². The number of H-pyrrole nitrogens is 1. The molecular weight excluding hydrogens is 366 g/mol. The average Bonchev–Trinajstić information content (AvgIpc) is 3.23. The first kappa shape index (κ1) is 17.5. The first-order valence-corrected chi connectivity index (χ1v) is 9.53. The van der Waals surface area contributed by atoms with Crippen molar-refractivity contribution in [2.75, 3.05) is 6.54 Å². The van der Waals surface area contributed by atoms with Crippen LogP contribution in [-0.4, -0.2) is 31.6 Å². The third kappa shape index (κ3) is 3.60. The second-order valence-electron chi connectivity index (χ2n) is 7.06. The molecule has 29 heavy (non-hydrogen) atoms. The number of fused-ring (bicyclic) bond motifs is 1. The summed E-state index contributed by atoms with van der Waals surface area (Å²) < 4.78 is 5.50. The normalized spacial score (nSPS) is 13.9. The molecule has 1 N–H and O–H groups in total. The molecule has 0 fully saturated rings. The van der Waals surface area contributed by atoms with Crippen LogP contribution in [-0.2, 0) is 19.5 Å². The van der Waals surface area contributed by atoms with Crippen LogP contribution < -0.4 is 5.56 Å². The molecule has 0 unspecified atom stereocenters. The summed E-state index contributed by atoms with van der Waals surface area (Å²) in [7, 11) is 0. The molecule has 1 aliphatic heterocycles. The number of nitrogens with zero attached hydrogens (tertiary/aromatic N) is 4.